The maximum atomic E-state index is 12.0. The van der Waals surface area contributed by atoms with Crippen molar-refractivity contribution in [3.05, 3.63) is 41.9 Å². The first-order chi connectivity index (χ1) is 11.0. The Morgan fingerprint density at radius 3 is 2.74 bits per heavy atom. The van der Waals surface area contributed by atoms with Gasteiger partial charge in [0, 0.05) is 18.7 Å². The van der Waals surface area contributed by atoms with E-state index in [-0.39, 0.29) is 24.7 Å². The molecule has 1 saturated carbocycles. The minimum Gasteiger partial charge on any atom is -0.439 e. The molecule has 0 aliphatic heterocycles. The van der Waals surface area contributed by atoms with Gasteiger partial charge >= 0.3 is 6.03 Å². The van der Waals surface area contributed by atoms with Crippen LogP contribution in [0.5, 0.6) is 0 Å². The van der Waals surface area contributed by atoms with Crippen LogP contribution in [0.25, 0.3) is 11.3 Å². The fraction of sp³-hybridized carbons (Fsp3) is 0.412. The maximum absolute atomic E-state index is 12.0. The van der Waals surface area contributed by atoms with Crippen LogP contribution in [0.3, 0.4) is 0 Å². The molecule has 1 aliphatic rings. The van der Waals surface area contributed by atoms with Crippen LogP contribution in [-0.4, -0.2) is 40.2 Å². The average molecular weight is 315 g/mol. The van der Waals surface area contributed by atoms with Gasteiger partial charge < -0.3 is 19.7 Å². The van der Waals surface area contributed by atoms with Crippen LogP contribution in [-0.2, 0) is 6.54 Å². The highest BCUT2D eigenvalue weighted by Gasteiger charge is 2.32. The quantitative estimate of drug-likeness (QED) is 0.907. The summed E-state index contributed by atoms with van der Waals surface area (Å²) in [6.07, 6.45) is 2.66. The summed E-state index contributed by atoms with van der Waals surface area (Å²) in [5.74, 6) is 1.15. The molecule has 1 heterocycles. The molecule has 6 nitrogen and oxygen atoms in total. The van der Waals surface area contributed by atoms with Crippen molar-refractivity contribution < 1.29 is 14.3 Å². The van der Waals surface area contributed by atoms with Crippen molar-refractivity contribution in [2.45, 2.75) is 38.5 Å². The molecule has 0 radical (unpaired) electrons. The van der Waals surface area contributed by atoms with Gasteiger partial charge in [0.1, 0.15) is 0 Å². The van der Waals surface area contributed by atoms with Crippen LogP contribution in [0.15, 0.2) is 34.9 Å². The second-order valence-corrected chi connectivity index (χ2v) is 6.03. The zero-order valence-corrected chi connectivity index (χ0v) is 13.3. The molecule has 2 N–H and O–H groups in total. The largest absolute Gasteiger partial charge is 0.439 e. The highest BCUT2D eigenvalue weighted by molar-refractivity contribution is 5.74. The van der Waals surface area contributed by atoms with E-state index in [1.807, 2.05) is 31.2 Å². The van der Waals surface area contributed by atoms with Gasteiger partial charge in [-0.2, -0.15) is 0 Å². The highest BCUT2D eigenvalue weighted by atomic mass is 16.4. The lowest BCUT2D eigenvalue weighted by Crippen LogP contribution is -2.50. The van der Waals surface area contributed by atoms with E-state index in [1.54, 1.807) is 18.1 Å². The molecule has 122 valence electrons. The number of nitrogens with one attached hydrogen (secondary N) is 1. The number of hydrogen-bond acceptors (Lipinski definition) is 4. The number of aliphatic hydroxyl groups excluding tert-OH is 1. The predicted octanol–water partition coefficient (Wildman–Crippen LogP) is 2.31. The number of aromatic nitrogens is 1. The van der Waals surface area contributed by atoms with E-state index in [4.69, 9.17) is 4.42 Å². The van der Waals surface area contributed by atoms with Gasteiger partial charge in [-0.05, 0) is 19.8 Å². The summed E-state index contributed by atoms with van der Waals surface area (Å²) in [5, 5.41) is 12.1. The Kier molecular flexibility index (Phi) is 4.34. The number of oxazole rings is 1. The number of benzene rings is 1. The number of aryl methyl sites for hydroxylation is 1. The van der Waals surface area contributed by atoms with Crippen LogP contribution in [0.1, 0.15) is 24.3 Å². The zero-order valence-electron chi connectivity index (χ0n) is 13.3. The minimum absolute atomic E-state index is 0.109. The van der Waals surface area contributed by atoms with Gasteiger partial charge in [-0.3, -0.25) is 0 Å². The van der Waals surface area contributed by atoms with Crippen molar-refractivity contribution in [2.75, 3.05) is 7.05 Å². The summed E-state index contributed by atoms with van der Waals surface area (Å²) in [4.78, 5) is 17.9. The predicted molar refractivity (Wildman–Crippen MR) is 85.7 cm³/mol. The Hall–Kier alpha value is -2.34. The van der Waals surface area contributed by atoms with Gasteiger partial charge in [-0.15, -0.1) is 0 Å². The van der Waals surface area contributed by atoms with E-state index in [0.29, 0.717) is 24.5 Å². The Labute approximate surface area is 135 Å². The molecule has 0 saturated heterocycles. The normalized spacial score (nSPS) is 20.0. The Bertz CT molecular complexity index is 675. The van der Waals surface area contributed by atoms with E-state index in [0.717, 1.165) is 5.56 Å². The molecule has 0 atom stereocenters. The van der Waals surface area contributed by atoms with Gasteiger partial charge in [0.25, 0.3) is 0 Å². The third kappa shape index (κ3) is 3.53. The first kappa shape index (κ1) is 15.6. The molecule has 1 fully saturated rings. The van der Waals surface area contributed by atoms with Crippen molar-refractivity contribution in [3.8, 4) is 11.3 Å². The first-order valence-corrected chi connectivity index (χ1v) is 7.73. The molecule has 6 heteroatoms. The molecule has 2 amide bonds. The van der Waals surface area contributed by atoms with E-state index in [2.05, 4.69) is 10.3 Å². The SMILES string of the molecule is Cc1ccc(-c2cnc(CNC(=O)N(C)C3CC(O)C3)o2)cc1. The van der Waals surface area contributed by atoms with Gasteiger partial charge in [0.15, 0.2) is 5.76 Å². The van der Waals surface area contributed by atoms with Crippen molar-refractivity contribution in [3.63, 3.8) is 0 Å². The van der Waals surface area contributed by atoms with Crippen LogP contribution < -0.4 is 5.32 Å². The molecule has 1 aromatic carbocycles. The fourth-order valence-corrected chi connectivity index (χ4v) is 2.56. The number of carbonyl (C=O) groups excluding carboxylic acids is 1. The Morgan fingerprint density at radius 1 is 1.39 bits per heavy atom. The summed E-state index contributed by atoms with van der Waals surface area (Å²) in [6.45, 7) is 2.27. The lowest BCUT2D eigenvalue weighted by atomic mass is 9.88. The molecule has 1 aromatic heterocycles. The van der Waals surface area contributed by atoms with E-state index in [1.165, 1.54) is 5.56 Å². The van der Waals surface area contributed by atoms with E-state index >= 15 is 0 Å². The monoisotopic (exact) mass is 315 g/mol. The number of aliphatic hydroxyl groups is 1. The van der Waals surface area contributed by atoms with Crippen molar-refractivity contribution in [2.24, 2.45) is 0 Å². The van der Waals surface area contributed by atoms with Gasteiger partial charge in [-0.25, -0.2) is 9.78 Å². The number of nitrogens with zero attached hydrogens (tertiary/aromatic N) is 2. The smallest absolute Gasteiger partial charge is 0.317 e. The summed E-state index contributed by atoms with van der Waals surface area (Å²) in [5.41, 5.74) is 2.14. The minimum atomic E-state index is -0.279. The van der Waals surface area contributed by atoms with Gasteiger partial charge in [-0.1, -0.05) is 29.8 Å². The van der Waals surface area contributed by atoms with Crippen LogP contribution in [0.2, 0.25) is 0 Å². The molecule has 0 bridgehead atoms. The second kappa shape index (κ2) is 6.42. The van der Waals surface area contributed by atoms with Crippen molar-refractivity contribution >= 4 is 6.03 Å². The Morgan fingerprint density at radius 2 is 2.09 bits per heavy atom. The number of urea groups is 1. The van der Waals surface area contributed by atoms with Crippen LogP contribution >= 0.6 is 0 Å². The molecule has 3 rings (SSSR count). The standard InChI is InChI=1S/C17H21N3O3/c1-11-3-5-12(6-4-11)15-9-18-16(23-15)10-19-17(22)20(2)13-7-14(21)8-13/h3-6,9,13-14,21H,7-8,10H2,1-2H3,(H,19,22). The maximum Gasteiger partial charge on any atom is 0.317 e. The molecule has 2 aromatic rings. The molecular weight excluding hydrogens is 294 g/mol. The summed E-state index contributed by atoms with van der Waals surface area (Å²) >= 11 is 0. The molecular formula is C17H21N3O3. The number of rotatable bonds is 4. The first-order valence-electron chi connectivity index (χ1n) is 7.73. The van der Waals surface area contributed by atoms with Gasteiger partial charge in [0.05, 0.1) is 18.8 Å². The topological polar surface area (TPSA) is 78.6 Å². The summed E-state index contributed by atoms with van der Waals surface area (Å²) < 4.78 is 5.67. The summed E-state index contributed by atoms with van der Waals surface area (Å²) in [7, 11) is 1.74. The Balaban J connectivity index is 1.55. The number of hydrogen-bond donors (Lipinski definition) is 2. The number of carbonyl (C=O) groups is 1. The zero-order chi connectivity index (χ0) is 16.4. The van der Waals surface area contributed by atoms with Gasteiger partial charge in [0.2, 0.25) is 5.89 Å². The van der Waals surface area contributed by atoms with Crippen LogP contribution in [0, 0.1) is 6.92 Å². The third-order valence-corrected chi connectivity index (χ3v) is 4.24. The second-order valence-electron chi connectivity index (χ2n) is 6.03. The fourth-order valence-electron chi connectivity index (χ4n) is 2.56. The molecule has 0 unspecified atom stereocenters. The van der Waals surface area contributed by atoms with Crippen molar-refractivity contribution in [1.82, 2.24) is 15.2 Å². The van der Waals surface area contributed by atoms with E-state index < -0.39 is 0 Å². The van der Waals surface area contributed by atoms with Crippen molar-refractivity contribution in [1.29, 1.82) is 0 Å². The molecule has 1 aliphatic carbocycles. The average Bonchev–Trinajstić information content (AvgIpc) is 2.98. The lowest BCUT2D eigenvalue weighted by Gasteiger charge is -2.38. The van der Waals surface area contributed by atoms with E-state index in [9.17, 15) is 9.90 Å². The molecule has 0 spiro atoms. The van der Waals surface area contributed by atoms with Crippen LogP contribution in [0.4, 0.5) is 4.79 Å². The third-order valence-electron chi connectivity index (χ3n) is 4.24. The molecule has 23 heavy (non-hydrogen) atoms. The highest BCUT2D eigenvalue weighted by Crippen LogP contribution is 2.24. The number of amides is 2. The lowest BCUT2D eigenvalue weighted by molar-refractivity contribution is 0.0258. The summed E-state index contributed by atoms with van der Waals surface area (Å²) in [6, 6.07) is 7.92.